The molecular weight excluding hydrogens is 364 g/mol. The first-order chi connectivity index (χ1) is 13.2. The van der Waals surface area contributed by atoms with Crippen molar-refractivity contribution in [2.45, 2.75) is 13.5 Å². The number of aryl methyl sites for hydroxylation is 1. The third kappa shape index (κ3) is 3.04. The number of piperazine rings is 1. The minimum absolute atomic E-state index is 0.0213. The number of carbonyl (C=O) groups excluding carboxylic acids is 1. The smallest absolute Gasteiger partial charge is 0.274 e. The Balaban J connectivity index is 1.21. The van der Waals surface area contributed by atoms with Gasteiger partial charge in [-0.2, -0.15) is 0 Å². The molecule has 0 bridgehead atoms. The van der Waals surface area contributed by atoms with Crippen LogP contribution in [-0.4, -0.2) is 58.1 Å². The molecule has 0 unspecified atom stereocenters. The van der Waals surface area contributed by atoms with Crippen LogP contribution in [0.3, 0.4) is 0 Å². The highest BCUT2D eigenvalue weighted by Gasteiger charge is 2.25. The Labute approximate surface area is 160 Å². The lowest BCUT2D eigenvalue weighted by Crippen LogP contribution is -2.48. The van der Waals surface area contributed by atoms with E-state index in [0.717, 1.165) is 41.8 Å². The van der Waals surface area contributed by atoms with E-state index in [9.17, 15) is 4.79 Å². The molecule has 140 valence electrons. The second-order valence-electron chi connectivity index (χ2n) is 6.91. The Morgan fingerprint density at radius 2 is 2.00 bits per heavy atom. The Morgan fingerprint density at radius 3 is 2.81 bits per heavy atom. The highest BCUT2D eigenvalue weighted by Crippen LogP contribution is 2.32. The fourth-order valence-electron chi connectivity index (χ4n) is 3.57. The van der Waals surface area contributed by atoms with Crippen LogP contribution >= 0.6 is 11.3 Å². The molecule has 1 aromatic carbocycles. The first kappa shape index (κ1) is 16.6. The SMILES string of the molecule is Cc1csc2nc(C(=O)N3CCN(Cc4ccc5c(c4)OCO5)CC3)cn12. The molecule has 1 saturated heterocycles. The van der Waals surface area contributed by atoms with Gasteiger partial charge in [-0.05, 0) is 24.6 Å². The molecule has 0 atom stereocenters. The van der Waals surface area contributed by atoms with Gasteiger partial charge in [0.25, 0.3) is 5.91 Å². The fourth-order valence-corrected chi connectivity index (χ4v) is 4.42. The van der Waals surface area contributed by atoms with Crippen LogP contribution in [0.4, 0.5) is 0 Å². The van der Waals surface area contributed by atoms with Gasteiger partial charge in [-0.1, -0.05) is 6.07 Å². The third-order valence-corrected chi connectivity index (χ3v) is 6.07. The van der Waals surface area contributed by atoms with Crippen molar-refractivity contribution < 1.29 is 14.3 Å². The van der Waals surface area contributed by atoms with Gasteiger partial charge in [0.1, 0.15) is 5.69 Å². The standard InChI is InChI=1S/C19H20N4O3S/c1-13-11-27-19-20-15(10-23(13)19)18(24)22-6-4-21(5-7-22)9-14-2-3-16-17(8-14)26-12-25-16/h2-3,8,10-11H,4-7,9,12H2,1H3. The summed E-state index contributed by atoms with van der Waals surface area (Å²) < 4.78 is 12.8. The van der Waals surface area contributed by atoms with Crippen LogP contribution in [0.25, 0.3) is 4.96 Å². The number of aromatic nitrogens is 2. The molecule has 1 fully saturated rings. The number of amides is 1. The number of imidazole rings is 1. The summed E-state index contributed by atoms with van der Waals surface area (Å²) in [5, 5.41) is 2.05. The summed E-state index contributed by atoms with van der Waals surface area (Å²) in [4.78, 5) is 22.4. The zero-order valence-electron chi connectivity index (χ0n) is 15.1. The molecule has 0 radical (unpaired) electrons. The fraction of sp³-hybridized carbons (Fsp3) is 0.368. The normalized spacial score (nSPS) is 17.0. The number of hydrogen-bond acceptors (Lipinski definition) is 6. The minimum atomic E-state index is 0.0213. The molecule has 3 aromatic rings. The molecule has 0 N–H and O–H groups in total. The maximum Gasteiger partial charge on any atom is 0.274 e. The van der Waals surface area contributed by atoms with Gasteiger partial charge < -0.3 is 14.4 Å². The van der Waals surface area contributed by atoms with E-state index in [-0.39, 0.29) is 5.91 Å². The van der Waals surface area contributed by atoms with E-state index in [4.69, 9.17) is 9.47 Å². The first-order valence-electron chi connectivity index (χ1n) is 9.01. The average molecular weight is 384 g/mol. The summed E-state index contributed by atoms with van der Waals surface area (Å²) in [6.45, 7) is 6.29. The number of hydrogen-bond donors (Lipinski definition) is 0. The van der Waals surface area contributed by atoms with E-state index in [1.807, 2.05) is 39.9 Å². The van der Waals surface area contributed by atoms with Crippen molar-refractivity contribution in [3.63, 3.8) is 0 Å². The lowest BCUT2D eigenvalue weighted by molar-refractivity contribution is 0.0623. The van der Waals surface area contributed by atoms with Gasteiger partial charge in [0.05, 0.1) is 0 Å². The quantitative estimate of drug-likeness (QED) is 0.694. The number of fused-ring (bicyclic) bond motifs is 2. The van der Waals surface area contributed by atoms with Crippen molar-refractivity contribution in [2.24, 2.45) is 0 Å². The van der Waals surface area contributed by atoms with Crippen LogP contribution in [0.5, 0.6) is 11.5 Å². The number of nitrogens with zero attached hydrogens (tertiary/aromatic N) is 4. The predicted molar refractivity (Wildman–Crippen MR) is 102 cm³/mol. The van der Waals surface area contributed by atoms with Gasteiger partial charge in [0.15, 0.2) is 16.5 Å². The molecular formula is C19H20N4O3S. The lowest BCUT2D eigenvalue weighted by atomic mass is 10.1. The first-order valence-corrected chi connectivity index (χ1v) is 9.89. The van der Waals surface area contributed by atoms with Crippen molar-refractivity contribution in [3.8, 4) is 11.5 Å². The van der Waals surface area contributed by atoms with E-state index in [1.54, 1.807) is 11.3 Å². The van der Waals surface area contributed by atoms with Gasteiger partial charge in [-0.25, -0.2) is 4.98 Å². The molecule has 0 saturated carbocycles. The van der Waals surface area contributed by atoms with Gasteiger partial charge in [0, 0.05) is 50.0 Å². The van der Waals surface area contributed by atoms with E-state index in [1.165, 1.54) is 5.56 Å². The minimum Gasteiger partial charge on any atom is -0.454 e. The number of benzene rings is 1. The molecule has 5 rings (SSSR count). The zero-order valence-corrected chi connectivity index (χ0v) is 15.9. The second-order valence-corrected chi connectivity index (χ2v) is 7.75. The molecule has 0 aliphatic carbocycles. The molecule has 27 heavy (non-hydrogen) atoms. The molecule has 8 heteroatoms. The Kier molecular flexibility index (Phi) is 4.02. The summed E-state index contributed by atoms with van der Waals surface area (Å²) in [6.07, 6.45) is 1.85. The van der Waals surface area contributed by atoms with Crippen LogP contribution in [0.2, 0.25) is 0 Å². The van der Waals surface area contributed by atoms with E-state index in [2.05, 4.69) is 16.0 Å². The Bertz CT molecular complexity index is 1000. The Morgan fingerprint density at radius 1 is 1.19 bits per heavy atom. The third-order valence-electron chi connectivity index (χ3n) is 5.11. The summed E-state index contributed by atoms with van der Waals surface area (Å²) in [7, 11) is 0. The highest BCUT2D eigenvalue weighted by atomic mass is 32.1. The molecule has 0 spiro atoms. The van der Waals surface area contributed by atoms with Crippen molar-refractivity contribution >= 4 is 22.2 Å². The van der Waals surface area contributed by atoms with Crippen molar-refractivity contribution in [2.75, 3.05) is 33.0 Å². The summed E-state index contributed by atoms with van der Waals surface area (Å²) in [5.74, 6) is 1.65. The summed E-state index contributed by atoms with van der Waals surface area (Å²) >= 11 is 1.56. The van der Waals surface area contributed by atoms with E-state index < -0.39 is 0 Å². The lowest BCUT2D eigenvalue weighted by Gasteiger charge is -2.34. The van der Waals surface area contributed by atoms with Crippen LogP contribution < -0.4 is 9.47 Å². The molecule has 7 nitrogen and oxygen atoms in total. The average Bonchev–Trinajstić information content (AvgIpc) is 3.39. The van der Waals surface area contributed by atoms with Crippen LogP contribution in [0.15, 0.2) is 29.8 Å². The number of ether oxygens (including phenoxy) is 2. The largest absolute Gasteiger partial charge is 0.454 e. The van der Waals surface area contributed by atoms with Gasteiger partial charge in [-0.3, -0.25) is 14.1 Å². The highest BCUT2D eigenvalue weighted by molar-refractivity contribution is 7.15. The van der Waals surface area contributed by atoms with Gasteiger partial charge >= 0.3 is 0 Å². The van der Waals surface area contributed by atoms with Crippen LogP contribution in [-0.2, 0) is 6.54 Å². The molecule has 2 aliphatic heterocycles. The summed E-state index contributed by atoms with van der Waals surface area (Å²) in [6, 6.07) is 6.08. The number of thiazole rings is 1. The maximum atomic E-state index is 12.8. The molecule has 4 heterocycles. The topological polar surface area (TPSA) is 59.3 Å². The molecule has 2 aliphatic rings. The van der Waals surface area contributed by atoms with E-state index in [0.29, 0.717) is 25.6 Å². The van der Waals surface area contributed by atoms with Crippen molar-refractivity contribution in [3.05, 3.63) is 46.7 Å². The summed E-state index contributed by atoms with van der Waals surface area (Å²) in [5.41, 5.74) is 2.84. The Hall–Kier alpha value is -2.58. The van der Waals surface area contributed by atoms with Gasteiger partial charge in [-0.15, -0.1) is 11.3 Å². The monoisotopic (exact) mass is 384 g/mol. The molecule has 2 aromatic heterocycles. The number of carbonyl (C=O) groups is 1. The predicted octanol–water partition coefficient (Wildman–Crippen LogP) is 2.39. The van der Waals surface area contributed by atoms with Gasteiger partial charge in [0.2, 0.25) is 6.79 Å². The zero-order chi connectivity index (χ0) is 18.4. The molecule has 1 amide bonds. The number of rotatable bonds is 3. The van der Waals surface area contributed by atoms with Crippen molar-refractivity contribution in [1.29, 1.82) is 0 Å². The van der Waals surface area contributed by atoms with Crippen LogP contribution in [0.1, 0.15) is 21.7 Å². The van der Waals surface area contributed by atoms with Crippen LogP contribution in [0, 0.1) is 6.92 Å². The maximum absolute atomic E-state index is 12.8. The van der Waals surface area contributed by atoms with Crippen molar-refractivity contribution in [1.82, 2.24) is 19.2 Å². The van der Waals surface area contributed by atoms with E-state index >= 15 is 0 Å². The second kappa shape index (κ2) is 6.54.